The highest BCUT2D eigenvalue weighted by molar-refractivity contribution is 6.08. The number of fused-ring (bicyclic) bond motifs is 1. The predicted molar refractivity (Wildman–Crippen MR) is 163 cm³/mol. The van der Waals surface area contributed by atoms with Crippen molar-refractivity contribution in [2.75, 3.05) is 37.6 Å². The number of amides is 2. The maximum Gasteiger partial charge on any atom is 0.258 e. The van der Waals surface area contributed by atoms with E-state index in [2.05, 4.69) is 22.7 Å². The van der Waals surface area contributed by atoms with Crippen LogP contribution in [-0.4, -0.2) is 60.0 Å². The molecular weight excluding hydrogens is 532 g/mol. The van der Waals surface area contributed by atoms with Crippen molar-refractivity contribution in [3.05, 3.63) is 77.1 Å². The Hall–Kier alpha value is -4.44. The zero-order chi connectivity index (χ0) is 29.6. The van der Waals surface area contributed by atoms with Gasteiger partial charge in [0.15, 0.2) is 5.65 Å². The summed E-state index contributed by atoms with van der Waals surface area (Å²) in [4.78, 5) is 33.4. The molecule has 0 spiro atoms. The number of nitrogens with one attached hydrogen (secondary N) is 2. The fourth-order valence-corrected chi connectivity index (χ4v) is 5.35. The molecule has 4 aromatic rings. The van der Waals surface area contributed by atoms with E-state index in [1.165, 1.54) is 7.11 Å². The Morgan fingerprint density at radius 3 is 2.57 bits per heavy atom. The van der Waals surface area contributed by atoms with Crippen molar-refractivity contribution in [3.8, 4) is 5.75 Å². The monoisotopic (exact) mass is 570 g/mol. The number of aromatic nitrogens is 3. The lowest BCUT2D eigenvalue weighted by Crippen LogP contribution is -2.30. The van der Waals surface area contributed by atoms with Crippen molar-refractivity contribution in [3.63, 3.8) is 0 Å². The zero-order valence-corrected chi connectivity index (χ0v) is 24.6. The number of pyridine rings is 1. The highest BCUT2D eigenvalue weighted by Gasteiger charge is 2.23. The third-order valence-corrected chi connectivity index (χ3v) is 7.74. The molecule has 1 aliphatic heterocycles. The second-order valence-corrected chi connectivity index (χ2v) is 10.3. The molecule has 220 valence electrons. The third kappa shape index (κ3) is 5.94. The summed E-state index contributed by atoms with van der Waals surface area (Å²) in [6.07, 6.45) is 4.33. The SMILES string of the molecule is CCc1nc2c(cnn2CC)c(NC2CCOCC2)c1CNC(=O)c1cc(C(=O)N(C)c2ccccc2)ccc1OC. The van der Waals surface area contributed by atoms with Crippen LogP contribution in [0.2, 0.25) is 0 Å². The normalized spacial score (nSPS) is 13.6. The summed E-state index contributed by atoms with van der Waals surface area (Å²) in [5.41, 5.74) is 5.03. The Labute approximate surface area is 246 Å². The van der Waals surface area contributed by atoms with Crippen LogP contribution in [0.15, 0.2) is 54.7 Å². The standard InChI is InChI=1S/C32H38N6O4/c1-5-27-25(29(35-22-14-16-42-17-15-22)26-20-34-38(6-2)30(26)36-27)19-33-31(39)24-18-21(12-13-28(24)41-4)32(40)37(3)23-10-8-7-9-11-23/h7-13,18,20,22H,5-6,14-17,19H2,1-4H3,(H,33,39)(H,35,36). The third-order valence-electron chi connectivity index (χ3n) is 7.74. The van der Waals surface area contributed by atoms with E-state index in [9.17, 15) is 9.59 Å². The Bertz CT molecular complexity index is 1560. The first-order valence-corrected chi connectivity index (χ1v) is 14.5. The van der Waals surface area contributed by atoms with Gasteiger partial charge in [-0.15, -0.1) is 0 Å². The average molecular weight is 571 g/mol. The molecule has 0 aliphatic carbocycles. The Kier molecular flexibility index (Phi) is 9.02. The number of methoxy groups -OCH3 is 1. The molecule has 0 atom stereocenters. The van der Waals surface area contributed by atoms with Gasteiger partial charge in [0.1, 0.15) is 5.75 Å². The first kappa shape index (κ1) is 29.1. The molecule has 1 fully saturated rings. The van der Waals surface area contributed by atoms with Crippen LogP contribution in [0.5, 0.6) is 5.75 Å². The minimum absolute atomic E-state index is 0.225. The van der Waals surface area contributed by atoms with Gasteiger partial charge < -0.3 is 25.0 Å². The van der Waals surface area contributed by atoms with Crippen LogP contribution in [0.1, 0.15) is 58.7 Å². The van der Waals surface area contributed by atoms with Crippen LogP contribution in [0.3, 0.4) is 0 Å². The summed E-state index contributed by atoms with van der Waals surface area (Å²) in [6, 6.07) is 14.5. The molecule has 0 radical (unpaired) electrons. The van der Waals surface area contributed by atoms with Crippen LogP contribution < -0.4 is 20.3 Å². The number of hydrogen-bond donors (Lipinski definition) is 2. The number of rotatable bonds is 10. The van der Waals surface area contributed by atoms with Gasteiger partial charge in [-0.3, -0.25) is 9.59 Å². The maximum absolute atomic E-state index is 13.6. The summed E-state index contributed by atoms with van der Waals surface area (Å²) in [7, 11) is 3.22. The number of ether oxygens (including phenoxy) is 2. The van der Waals surface area contributed by atoms with E-state index in [1.54, 1.807) is 30.1 Å². The number of carbonyl (C=O) groups is 2. The van der Waals surface area contributed by atoms with E-state index in [4.69, 9.17) is 14.5 Å². The van der Waals surface area contributed by atoms with E-state index in [0.29, 0.717) is 37.5 Å². The van der Waals surface area contributed by atoms with Crippen molar-refractivity contribution in [2.24, 2.45) is 0 Å². The number of hydrogen-bond acceptors (Lipinski definition) is 7. The van der Waals surface area contributed by atoms with Gasteiger partial charge >= 0.3 is 0 Å². The fourth-order valence-electron chi connectivity index (χ4n) is 5.35. The van der Waals surface area contributed by atoms with Crippen molar-refractivity contribution in [1.29, 1.82) is 0 Å². The summed E-state index contributed by atoms with van der Waals surface area (Å²) in [5, 5.41) is 12.3. The maximum atomic E-state index is 13.6. The number of carbonyl (C=O) groups excluding carboxylic acids is 2. The first-order chi connectivity index (χ1) is 20.4. The first-order valence-electron chi connectivity index (χ1n) is 14.5. The van der Waals surface area contributed by atoms with Gasteiger partial charge in [-0.25, -0.2) is 9.67 Å². The minimum Gasteiger partial charge on any atom is -0.496 e. The van der Waals surface area contributed by atoms with E-state index >= 15 is 0 Å². The molecule has 0 unspecified atom stereocenters. The zero-order valence-electron chi connectivity index (χ0n) is 24.6. The largest absolute Gasteiger partial charge is 0.496 e. The molecule has 2 aromatic carbocycles. The van der Waals surface area contributed by atoms with Gasteiger partial charge in [0, 0.05) is 61.9 Å². The van der Waals surface area contributed by atoms with Crippen LogP contribution >= 0.6 is 0 Å². The molecule has 10 heteroatoms. The Morgan fingerprint density at radius 1 is 1.12 bits per heavy atom. The summed E-state index contributed by atoms with van der Waals surface area (Å²) >= 11 is 0. The van der Waals surface area contributed by atoms with Crippen molar-refractivity contribution < 1.29 is 19.1 Å². The van der Waals surface area contributed by atoms with E-state index in [-0.39, 0.29) is 30.0 Å². The van der Waals surface area contributed by atoms with Gasteiger partial charge in [-0.05, 0) is 56.5 Å². The molecular formula is C32H38N6O4. The van der Waals surface area contributed by atoms with Crippen molar-refractivity contribution >= 4 is 34.2 Å². The molecule has 3 heterocycles. The second kappa shape index (κ2) is 13.0. The lowest BCUT2D eigenvalue weighted by Gasteiger charge is -2.26. The number of anilines is 2. The number of para-hydroxylation sites is 1. The molecule has 0 bridgehead atoms. The number of aryl methyl sites for hydroxylation is 2. The highest BCUT2D eigenvalue weighted by atomic mass is 16.5. The lowest BCUT2D eigenvalue weighted by molar-refractivity contribution is 0.0904. The fraction of sp³-hybridized carbons (Fsp3) is 0.375. The molecule has 10 nitrogen and oxygen atoms in total. The summed E-state index contributed by atoms with van der Waals surface area (Å²) in [5.74, 6) is -0.176. The quantitative estimate of drug-likeness (QED) is 0.281. The van der Waals surface area contributed by atoms with E-state index in [1.807, 2.05) is 48.1 Å². The molecule has 2 amide bonds. The van der Waals surface area contributed by atoms with Crippen molar-refractivity contribution in [2.45, 2.75) is 52.2 Å². The summed E-state index contributed by atoms with van der Waals surface area (Å²) < 4.78 is 13.0. The van der Waals surface area contributed by atoms with Gasteiger partial charge in [-0.2, -0.15) is 5.10 Å². The molecule has 2 aromatic heterocycles. The molecule has 1 saturated heterocycles. The molecule has 5 rings (SSSR count). The van der Waals surface area contributed by atoms with Crippen LogP contribution in [0.4, 0.5) is 11.4 Å². The topological polar surface area (TPSA) is 111 Å². The Morgan fingerprint density at radius 2 is 1.88 bits per heavy atom. The van der Waals surface area contributed by atoms with Gasteiger partial charge in [-0.1, -0.05) is 25.1 Å². The van der Waals surface area contributed by atoms with Crippen LogP contribution in [-0.2, 0) is 24.2 Å². The molecule has 2 N–H and O–H groups in total. The highest BCUT2D eigenvalue weighted by Crippen LogP contribution is 2.31. The number of benzene rings is 2. The number of nitrogens with zero attached hydrogens (tertiary/aromatic N) is 4. The van der Waals surface area contributed by atoms with Gasteiger partial charge in [0.05, 0.1) is 29.9 Å². The van der Waals surface area contributed by atoms with Crippen LogP contribution in [0, 0.1) is 0 Å². The van der Waals surface area contributed by atoms with Crippen molar-refractivity contribution in [1.82, 2.24) is 20.1 Å². The molecule has 1 aliphatic rings. The predicted octanol–water partition coefficient (Wildman–Crippen LogP) is 4.82. The van der Waals surface area contributed by atoms with Crippen LogP contribution in [0.25, 0.3) is 11.0 Å². The van der Waals surface area contributed by atoms with E-state index < -0.39 is 0 Å². The average Bonchev–Trinajstić information content (AvgIpc) is 3.46. The molecule has 42 heavy (non-hydrogen) atoms. The second-order valence-electron chi connectivity index (χ2n) is 10.3. The van der Waals surface area contributed by atoms with E-state index in [0.717, 1.165) is 46.5 Å². The summed E-state index contributed by atoms with van der Waals surface area (Å²) in [6.45, 7) is 6.48. The minimum atomic E-state index is -0.340. The van der Waals surface area contributed by atoms with Gasteiger partial charge in [0.25, 0.3) is 11.8 Å². The lowest BCUT2D eigenvalue weighted by atomic mass is 10.0. The Balaban J connectivity index is 1.44. The van der Waals surface area contributed by atoms with Gasteiger partial charge in [0.2, 0.25) is 0 Å². The molecule has 0 saturated carbocycles. The smallest absolute Gasteiger partial charge is 0.258 e.